The van der Waals surface area contributed by atoms with E-state index >= 15 is 0 Å². The fourth-order valence-corrected chi connectivity index (χ4v) is 5.25. The number of nitrogens with one attached hydrogen (secondary N) is 2. The van der Waals surface area contributed by atoms with Crippen LogP contribution in [0.3, 0.4) is 0 Å². The van der Waals surface area contributed by atoms with Gasteiger partial charge in [0, 0.05) is 21.5 Å². The van der Waals surface area contributed by atoms with E-state index in [0.717, 1.165) is 4.90 Å². The number of anilines is 2. The molecular formula is C30H24N4O5S. The Bertz CT molecular complexity index is 1670. The minimum absolute atomic E-state index is 0.00268. The number of carbonyl (C=O) groups is 4. The number of hydrazone groups is 1. The molecule has 200 valence electrons. The van der Waals surface area contributed by atoms with Crippen LogP contribution in [0, 0.1) is 0 Å². The Hall–Kier alpha value is -4.96. The molecular weight excluding hydrogens is 528 g/mol. The summed E-state index contributed by atoms with van der Waals surface area (Å²) in [5, 5.41) is 21.2. The second-order valence-corrected chi connectivity index (χ2v) is 10.4. The highest BCUT2D eigenvalue weighted by Crippen LogP contribution is 2.28. The van der Waals surface area contributed by atoms with Crippen LogP contribution >= 0.6 is 11.8 Å². The van der Waals surface area contributed by atoms with Gasteiger partial charge in [-0.3, -0.25) is 14.4 Å². The first kappa shape index (κ1) is 26.6. The number of fused-ring (bicyclic) bond motifs is 1. The molecule has 10 heteroatoms. The van der Waals surface area contributed by atoms with Gasteiger partial charge in [0.05, 0.1) is 22.9 Å². The molecule has 9 nitrogen and oxygen atoms in total. The zero-order chi connectivity index (χ0) is 28.2. The van der Waals surface area contributed by atoms with Crippen molar-refractivity contribution in [2.24, 2.45) is 5.10 Å². The zero-order valence-electron chi connectivity index (χ0n) is 21.3. The van der Waals surface area contributed by atoms with Crippen LogP contribution in [0.25, 0.3) is 10.8 Å². The quantitative estimate of drug-likeness (QED) is 0.273. The lowest BCUT2D eigenvalue weighted by Crippen LogP contribution is -2.35. The Morgan fingerprint density at radius 2 is 1.60 bits per heavy atom. The van der Waals surface area contributed by atoms with Gasteiger partial charge >= 0.3 is 5.97 Å². The summed E-state index contributed by atoms with van der Waals surface area (Å²) in [4.78, 5) is 50.9. The topological polar surface area (TPSA) is 128 Å². The summed E-state index contributed by atoms with van der Waals surface area (Å²) in [6.07, 6.45) is -0.00268. The highest BCUT2D eigenvalue weighted by Gasteiger charge is 2.27. The van der Waals surface area contributed by atoms with Gasteiger partial charge in [-0.15, -0.1) is 11.8 Å². The number of carboxylic acids is 1. The van der Waals surface area contributed by atoms with Gasteiger partial charge in [0.2, 0.25) is 5.91 Å². The highest BCUT2D eigenvalue weighted by atomic mass is 32.2. The van der Waals surface area contributed by atoms with Crippen molar-refractivity contribution in [1.29, 1.82) is 0 Å². The van der Waals surface area contributed by atoms with Crippen LogP contribution in [0.4, 0.5) is 11.4 Å². The molecule has 0 saturated heterocycles. The SMILES string of the molecule is CC(Sc1cccc(NC(=O)c2cccc3cccc(C(=O)O)c23)c1)C(=O)NC1=NN(c2ccccc2)C(=O)C1. The predicted molar refractivity (Wildman–Crippen MR) is 155 cm³/mol. The summed E-state index contributed by atoms with van der Waals surface area (Å²) in [5.41, 5.74) is 1.42. The lowest BCUT2D eigenvalue weighted by molar-refractivity contribution is -0.118. The molecule has 5 rings (SSSR count). The van der Waals surface area contributed by atoms with Crippen molar-refractivity contribution in [3.05, 3.63) is 102 Å². The van der Waals surface area contributed by atoms with E-state index in [-0.39, 0.29) is 35.2 Å². The van der Waals surface area contributed by atoms with Crippen LogP contribution in [0.5, 0.6) is 0 Å². The van der Waals surface area contributed by atoms with Crippen molar-refractivity contribution < 1.29 is 24.3 Å². The molecule has 0 radical (unpaired) electrons. The fraction of sp³-hybridized carbons (Fsp3) is 0.100. The zero-order valence-corrected chi connectivity index (χ0v) is 22.1. The first-order valence-electron chi connectivity index (χ1n) is 12.4. The summed E-state index contributed by atoms with van der Waals surface area (Å²) in [6, 6.07) is 25.9. The largest absolute Gasteiger partial charge is 0.478 e. The minimum Gasteiger partial charge on any atom is -0.478 e. The molecule has 0 aliphatic carbocycles. The summed E-state index contributed by atoms with van der Waals surface area (Å²) < 4.78 is 0. The molecule has 0 aromatic heterocycles. The number of hydrogen-bond acceptors (Lipinski definition) is 6. The maximum absolute atomic E-state index is 13.2. The van der Waals surface area contributed by atoms with E-state index in [0.29, 0.717) is 22.1 Å². The molecule has 3 amide bonds. The average molecular weight is 553 g/mol. The maximum Gasteiger partial charge on any atom is 0.336 e. The molecule has 1 aliphatic heterocycles. The molecule has 4 aromatic carbocycles. The molecule has 1 atom stereocenters. The fourth-order valence-electron chi connectivity index (χ4n) is 4.33. The number of para-hydroxylation sites is 1. The van der Waals surface area contributed by atoms with E-state index in [1.807, 2.05) is 12.1 Å². The van der Waals surface area contributed by atoms with Crippen molar-refractivity contribution in [3.63, 3.8) is 0 Å². The van der Waals surface area contributed by atoms with Crippen molar-refractivity contribution in [2.75, 3.05) is 10.3 Å². The number of rotatable bonds is 7. The van der Waals surface area contributed by atoms with E-state index in [9.17, 15) is 24.3 Å². The van der Waals surface area contributed by atoms with Gasteiger partial charge in [0.15, 0.2) is 0 Å². The number of aromatic carboxylic acids is 1. The lowest BCUT2D eigenvalue weighted by Gasteiger charge is -2.13. The third-order valence-electron chi connectivity index (χ3n) is 6.20. The third-order valence-corrected chi connectivity index (χ3v) is 7.29. The molecule has 4 aromatic rings. The molecule has 1 unspecified atom stereocenters. The van der Waals surface area contributed by atoms with E-state index in [1.54, 1.807) is 79.7 Å². The Balaban J connectivity index is 1.26. The Labute approximate surface area is 233 Å². The van der Waals surface area contributed by atoms with Crippen LogP contribution in [0.2, 0.25) is 0 Å². The van der Waals surface area contributed by atoms with Gasteiger partial charge < -0.3 is 15.7 Å². The second kappa shape index (κ2) is 11.4. The third kappa shape index (κ3) is 5.71. The van der Waals surface area contributed by atoms with Gasteiger partial charge in [-0.2, -0.15) is 10.1 Å². The summed E-state index contributed by atoms with van der Waals surface area (Å²) in [6.45, 7) is 1.74. The molecule has 0 spiro atoms. The van der Waals surface area contributed by atoms with Gasteiger partial charge in [0.1, 0.15) is 5.84 Å². The van der Waals surface area contributed by atoms with Crippen LogP contribution in [-0.2, 0) is 9.59 Å². The van der Waals surface area contributed by atoms with Crippen LogP contribution < -0.4 is 15.6 Å². The molecule has 0 fully saturated rings. The summed E-state index contributed by atoms with van der Waals surface area (Å²) in [5.74, 6) is -1.82. The molecule has 0 saturated carbocycles. The number of carbonyl (C=O) groups excluding carboxylic acids is 3. The number of amidine groups is 1. The Morgan fingerprint density at radius 3 is 2.33 bits per heavy atom. The van der Waals surface area contributed by atoms with Crippen LogP contribution in [-0.4, -0.2) is 39.9 Å². The predicted octanol–water partition coefficient (Wildman–Crippen LogP) is 5.14. The number of carboxylic acid groups (broad SMARTS) is 1. The van der Waals surface area contributed by atoms with Crippen molar-refractivity contribution in [1.82, 2.24) is 5.32 Å². The number of amides is 3. The second-order valence-electron chi connectivity index (χ2n) is 9.01. The Kier molecular flexibility index (Phi) is 7.61. The van der Waals surface area contributed by atoms with E-state index in [4.69, 9.17) is 0 Å². The summed E-state index contributed by atoms with van der Waals surface area (Å²) >= 11 is 1.28. The van der Waals surface area contributed by atoms with Crippen LogP contribution in [0.1, 0.15) is 34.1 Å². The van der Waals surface area contributed by atoms with Crippen LogP contribution in [0.15, 0.2) is 101 Å². The smallest absolute Gasteiger partial charge is 0.336 e. The number of nitrogens with zero attached hydrogens (tertiary/aromatic N) is 2. The number of benzene rings is 4. The average Bonchev–Trinajstić information content (AvgIpc) is 3.32. The molecule has 1 aliphatic rings. The van der Waals surface area contributed by atoms with Gasteiger partial charge in [-0.25, -0.2) is 4.79 Å². The number of thioether (sulfide) groups is 1. The summed E-state index contributed by atoms with van der Waals surface area (Å²) in [7, 11) is 0. The molecule has 40 heavy (non-hydrogen) atoms. The monoisotopic (exact) mass is 552 g/mol. The standard InChI is InChI=1S/C30H24N4O5S/c1-18(28(36)32-25-17-26(35)34(33-25)21-11-3-2-4-12-21)40-22-13-7-10-20(16-22)31-29(37)23-14-5-8-19-9-6-15-24(27(19)23)30(38)39/h2-16,18H,17H2,1H3,(H,31,37)(H,38,39)(H,32,33,36). The normalized spacial score (nSPS) is 13.6. The highest BCUT2D eigenvalue weighted by molar-refractivity contribution is 8.00. The molecule has 0 bridgehead atoms. The number of hydrogen-bond donors (Lipinski definition) is 3. The van der Waals surface area contributed by atoms with Gasteiger partial charge in [-0.1, -0.05) is 48.5 Å². The van der Waals surface area contributed by atoms with E-state index in [1.165, 1.54) is 22.8 Å². The first-order valence-corrected chi connectivity index (χ1v) is 13.3. The van der Waals surface area contributed by atoms with E-state index in [2.05, 4.69) is 15.7 Å². The van der Waals surface area contributed by atoms with E-state index < -0.39 is 17.1 Å². The van der Waals surface area contributed by atoms with Crippen molar-refractivity contribution >= 4 is 63.4 Å². The maximum atomic E-state index is 13.2. The lowest BCUT2D eigenvalue weighted by atomic mass is 9.98. The molecule has 1 heterocycles. The van der Waals surface area contributed by atoms with Crippen molar-refractivity contribution in [3.8, 4) is 0 Å². The Morgan fingerprint density at radius 1 is 0.900 bits per heavy atom. The van der Waals surface area contributed by atoms with Gasteiger partial charge in [0.25, 0.3) is 11.8 Å². The van der Waals surface area contributed by atoms with Gasteiger partial charge in [-0.05, 0) is 54.8 Å². The first-order chi connectivity index (χ1) is 19.3. The van der Waals surface area contributed by atoms with Crippen molar-refractivity contribution in [2.45, 2.75) is 23.5 Å². The molecule has 3 N–H and O–H groups in total. The minimum atomic E-state index is -1.11.